The van der Waals surface area contributed by atoms with Crippen LogP contribution in [0.25, 0.3) is 0 Å². The Hall–Kier alpha value is -2.28. The van der Waals surface area contributed by atoms with Crippen molar-refractivity contribution in [1.29, 1.82) is 0 Å². The molecule has 4 rings (SSSR count). The van der Waals surface area contributed by atoms with E-state index < -0.39 is 11.2 Å². The number of aromatic hydroxyl groups is 2. The average molecular weight is 546 g/mol. The molecule has 0 heterocycles. The summed E-state index contributed by atoms with van der Waals surface area (Å²) in [5.41, 5.74) is 2.27. The van der Waals surface area contributed by atoms with E-state index >= 15 is 0 Å². The van der Waals surface area contributed by atoms with Gasteiger partial charge in [0.25, 0.3) is 0 Å². The van der Waals surface area contributed by atoms with Crippen LogP contribution in [0.4, 0.5) is 0 Å². The summed E-state index contributed by atoms with van der Waals surface area (Å²) in [6.07, 6.45) is 1.81. The van der Waals surface area contributed by atoms with Gasteiger partial charge in [0.05, 0.1) is 4.90 Å². The summed E-state index contributed by atoms with van der Waals surface area (Å²) >= 11 is 11.8. The van der Waals surface area contributed by atoms with Crippen molar-refractivity contribution in [2.45, 2.75) is 46.3 Å². The topological polar surface area (TPSA) is 63.5 Å². The molecule has 1 atom stereocenters. The van der Waals surface area contributed by atoms with Gasteiger partial charge in [-0.2, -0.15) is 0 Å². The molecule has 182 valence electrons. The summed E-state index contributed by atoms with van der Waals surface area (Å²) in [6, 6.07) is 25.3. The predicted octanol–water partition coefficient (Wildman–Crippen LogP) is 8.53. The van der Waals surface area contributed by atoms with Gasteiger partial charge in [-0.1, -0.05) is 60.9 Å². The number of rotatable bonds is 6. The molecule has 0 radical (unpaired) electrons. The van der Waals surface area contributed by atoms with Crippen molar-refractivity contribution >= 4 is 46.1 Å². The number of hydrogen-bond acceptors (Lipinski definition) is 4. The highest BCUT2D eigenvalue weighted by Gasteiger charge is 2.19. The molecule has 2 N–H and O–H groups in total. The van der Waals surface area contributed by atoms with Gasteiger partial charge in [0.2, 0.25) is 0 Å². The molecular weight excluding hydrogens is 519 g/mol. The number of aryl methyl sites for hydroxylation is 2. The lowest BCUT2D eigenvalue weighted by Crippen LogP contribution is -2.03. The van der Waals surface area contributed by atoms with Crippen LogP contribution in [0.3, 0.4) is 0 Å². The molecule has 0 fully saturated rings. The van der Waals surface area contributed by atoms with Gasteiger partial charge in [-0.05, 0) is 90.7 Å². The van der Waals surface area contributed by atoms with Crippen LogP contribution < -0.4 is 0 Å². The third-order valence-corrected chi connectivity index (χ3v) is 8.12. The number of benzene rings is 4. The molecule has 0 amide bonds. The smallest absolute Gasteiger partial charge is 0.200 e. The fourth-order valence-electron chi connectivity index (χ4n) is 3.10. The van der Waals surface area contributed by atoms with E-state index in [2.05, 4.69) is 6.92 Å². The van der Waals surface area contributed by atoms with Gasteiger partial charge < -0.3 is 14.8 Å². The summed E-state index contributed by atoms with van der Waals surface area (Å²) in [5, 5.41) is 20.9. The number of phenolic OH excluding ortho intramolecular Hbond substituents is 2. The Morgan fingerprint density at radius 2 is 1.23 bits per heavy atom. The minimum atomic E-state index is -1.39. The van der Waals surface area contributed by atoms with Gasteiger partial charge in [0.1, 0.15) is 5.75 Å². The predicted molar refractivity (Wildman–Crippen MR) is 147 cm³/mol. The molecule has 0 spiro atoms. The van der Waals surface area contributed by atoms with E-state index in [4.69, 9.17) is 23.2 Å². The lowest BCUT2D eigenvalue weighted by molar-refractivity contribution is 0.458. The molecule has 35 heavy (non-hydrogen) atoms. The molecule has 7 heteroatoms. The largest absolute Gasteiger partial charge is 0.606 e. The average Bonchev–Trinajstić information content (AvgIpc) is 2.87. The van der Waals surface area contributed by atoms with E-state index in [9.17, 15) is 14.8 Å². The van der Waals surface area contributed by atoms with Crippen molar-refractivity contribution in [2.24, 2.45) is 0 Å². The van der Waals surface area contributed by atoms with E-state index in [1.807, 2.05) is 49.4 Å². The number of halogens is 2. The quantitative estimate of drug-likeness (QED) is 0.238. The Balaban J connectivity index is 0.000000196. The van der Waals surface area contributed by atoms with Gasteiger partial charge in [-0.25, -0.2) is 0 Å². The maximum atomic E-state index is 12.4. The normalized spacial score (nSPS) is 11.5. The maximum absolute atomic E-state index is 12.4. The zero-order valence-corrected chi connectivity index (χ0v) is 22.5. The van der Waals surface area contributed by atoms with Crippen molar-refractivity contribution in [3.8, 4) is 11.5 Å². The molecule has 3 nitrogen and oxygen atoms in total. The fourth-order valence-corrected chi connectivity index (χ4v) is 5.42. The number of phenols is 2. The van der Waals surface area contributed by atoms with Gasteiger partial charge in [-0.3, -0.25) is 0 Å². The maximum Gasteiger partial charge on any atom is 0.200 e. The van der Waals surface area contributed by atoms with Crippen LogP contribution in [-0.4, -0.2) is 14.8 Å². The second-order valence-corrected chi connectivity index (χ2v) is 11.0. The van der Waals surface area contributed by atoms with Crippen LogP contribution in [0.2, 0.25) is 10.0 Å². The van der Waals surface area contributed by atoms with Crippen LogP contribution in [0.15, 0.2) is 105 Å². The molecule has 4 aromatic rings. The van der Waals surface area contributed by atoms with Crippen LogP contribution in [-0.2, 0) is 24.0 Å². The first kappa shape index (κ1) is 27.3. The number of hydrogen-bond donors (Lipinski definition) is 2. The van der Waals surface area contributed by atoms with Crippen molar-refractivity contribution in [3.05, 3.63) is 106 Å². The molecule has 1 unspecified atom stereocenters. The Morgan fingerprint density at radius 1 is 0.714 bits per heavy atom. The summed E-state index contributed by atoms with van der Waals surface area (Å²) < 4.78 is 12.4. The van der Waals surface area contributed by atoms with Crippen molar-refractivity contribution in [1.82, 2.24) is 0 Å². The second kappa shape index (κ2) is 13.1. The van der Waals surface area contributed by atoms with Crippen molar-refractivity contribution in [2.75, 3.05) is 0 Å². The lowest BCUT2D eigenvalue weighted by atomic mass is 10.2. The summed E-state index contributed by atoms with van der Waals surface area (Å²) in [6.45, 7) is 4.12. The van der Waals surface area contributed by atoms with Crippen molar-refractivity contribution < 1.29 is 14.8 Å². The first-order valence-electron chi connectivity index (χ1n) is 11.0. The molecule has 4 aromatic carbocycles. The monoisotopic (exact) mass is 544 g/mol. The molecule has 0 aliphatic rings. The van der Waals surface area contributed by atoms with Crippen LogP contribution in [0.1, 0.15) is 25.0 Å². The molecule has 0 aliphatic heterocycles. The standard InChI is InChI=1S/C14H13ClO2S.C14H13ClOS/c1-2-10-3-8-13(16)14(9-10)18(17)12-6-4-11(15)5-7-12;1-2-10-3-8-13(16)14(9-10)17-12-6-4-11(15)5-7-12/h3-9,16H,2H2,1H3;3-9,16H,2H2,1H3. The van der Waals surface area contributed by atoms with Gasteiger partial charge in [0.15, 0.2) is 15.5 Å². The highest BCUT2D eigenvalue weighted by molar-refractivity contribution is 7.99. The highest BCUT2D eigenvalue weighted by Crippen LogP contribution is 2.35. The molecule has 0 aliphatic carbocycles. The second-order valence-electron chi connectivity index (χ2n) is 7.59. The molecule has 0 saturated carbocycles. The van der Waals surface area contributed by atoms with Crippen LogP contribution in [0.5, 0.6) is 11.5 Å². The third kappa shape index (κ3) is 7.86. The van der Waals surface area contributed by atoms with Crippen LogP contribution in [0, 0.1) is 0 Å². The first-order valence-corrected chi connectivity index (χ1v) is 13.8. The minimum absolute atomic E-state index is 0.0560. The zero-order chi connectivity index (χ0) is 25.4. The minimum Gasteiger partial charge on any atom is -0.606 e. The van der Waals surface area contributed by atoms with E-state index in [-0.39, 0.29) is 5.75 Å². The third-order valence-electron chi connectivity index (χ3n) is 5.13. The van der Waals surface area contributed by atoms with Gasteiger partial charge in [-0.15, -0.1) is 0 Å². The molecule has 0 saturated heterocycles. The summed E-state index contributed by atoms with van der Waals surface area (Å²) in [5.74, 6) is 0.377. The molecular formula is C28H26Cl2O3S2. The van der Waals surface area contributed by atoms with E-state index in [1.54, 1.807) is 54.2 Å². The Kier molecular flexibility index (Phi) is 10.3. The Bertz CT molecular complexity index is 1250. The fraction of sp³-hybridized carbons (Fsp3) is 0.143. The van der Waals surface area contributed by atoms with Crippen LogP contribution >= 0.6 is 35.0 Å². The molecule has 0 bridgehead atoms. The zero-order valence-electron chi connectivity index (χ0n) is 19.4. The Morgan fingerprint density at radius 3 is 1.80 bits per heavy atom. The first-order chi connectivity index (χ1) is 16.8. The lowest BCUT2D eigenvalue weighted by Gasteiger charge is -2.12. The molecule has 0 aromatic heterocycles. The van der Waals surface area contributed by atoms with E-state index in [0.29, 0.717) is 20.6 Å². The van der Waals surface area contributed by atoms with Gasteiger partial charge in [0, 0.05) is 32.2 Å². The van der Waals surface area contributed by atoms with Gasteiger partial charge >= 0.3 is 0 Å². The Labute approximate surface area is 223 Å². The van der Waals surface area contributed by atoms with E-state index in [0.717, 1.165) is 33.2 Å². The SMILES string of the molecule is CCc1ccc(O)c(Sc2ccc(Cl)cc2)c1.CCc1ccc(O)c([S+]([O-])c2ccc(Cl)cc2)c1. The summed E-state index contributed by atoms with van der Waals surface area (Å²) in [4.78, 5) is 3.02. The van der Waals surface area contributed by atoms with E-state index in [1.165, 1.54) is 5.56 Å². The summed E-state index contributed by atoms with van der Waals surface area (Å²) in [7, 11) is 0. The highest BCUT2D eigenvalue weighted by atomic mass is 35.5. The van der Waals surface area contributed by atoms with Crippen molar-refractivity contribution in [3.63, 3.8) is 0 Å².